The first-order chi connectivity index (χ1) is 6.91. The molecule has 2 rings (SSSR count). The van der Waals surface area contributed by atoms with Crippen molar-refractivity contribution >= 4 is 14.8 Å². The number of hydrogen-bond acceptors (Lipinski definition) is 6. The summed E-state index contributed by atoms with van der Waals surface area (Å²) in [5.41, 5.74) is 0. The van der Waals surface area contributed by atoms with Crippen LogP contribution in [0, 0.1) is 5.92 Å². The molecule has 0 amide bonds. The van der Waals surface area contributed by atoms with Crippen molar-refractivity contribution in [2.24, 2.45) is 5.92 Å². The molecule has 86 valence electrons. The predicted octanol–water partition coefficient (Wildman–Crippen LogP) is -1.27. The fourth-order valence-corrected chi connectivity index (χ4v) is 3.89. The number of carbonyl (C=O) groups is 1. The number of aliphatic hydroxyl groups is 2. The smallest absolute Gasteiger partial charge is 0.481 e. The van der Waals surface area contributed by atoms with E-state index in [9.17, 15) is 15.0 Å². The molecule has 3 N–H and O–H groups in total. The molecule has 0 spiro atoms. The van der Waals surface area contributed by atoms with E-state index >= 15 is 0 Å². The molecule has 0 aromatic rings. The lowest BCUT2D eigenvalue weighted by Gasteiger charge is -2.25. The van der Waals surface area contributed by atoms with Crippen LogP contribution in [0.5, 0.6) is 0 Å². The van der Waals surface area contributed by atoms with Crippen molar-refractivity contribution in [3.05, 3.63) is 0 Å². The average Bonchev–Trinajstić information content (AvgIpc) is 2.26. The lowest BCUT2D eigenvalue weighted by Crippen LogP contribution is -2.44. The third-order valence-electron chi connectivity index (χ3n) is 2.50. The van der Waals surface area contributed by atoms with E-state index in [4.69, 9.17) is 18.4 Å². The molecular weight excluding hydrogens is 224 g/mol. The lowest BCUT2D eigenvalue weighted by atomic mass is 10.0. The van der Waals surface area contributed by atoms with E-state index in [0.717, 1.165) is 0 Å². The number of rotatable bonds is 1. The van der Waals surface area contributed by atoms with E-state index in [-0.39, 0.29) is 6.42 Å². The highest BCUT2D eigenvalue weighted by Crippen LogP contribution is 2.35. The van der Waals surface area contributed by atoms with Crippen molar-refractivity contribution < 1.29 is 33.4 Å². The molecular formula is C7H12O7Si. The Bertz CT molecular complexity index is 285. The first kappa shape index (κ1) is 11.0. The SMILES string of the molecule is C[Si]12OC(O)C(CC(C(=O)O)C(O)O1)O2. The molecule has 2 aliphatic heterocycles. The molecule has 8 heteroatoms. The molecule has 2 aliphatic rings. The second kappa shape index (κ2) is 3.51. The number of carboxylic acid groups (broad SMARTS) is 1. The summed E-state index contributed by atoms with van der Waals surface area (Å²) in [6, 6.07) is 0. The Labute approximate surface area is 86.6 Å². The van der Waals surface area contributed by atoms with Gasteiger partial charge in [-0.3, -0.25) is 4.79 Å². The Morgan fingerprint density at radius 3 is 2.47 bits per heavy atom. The number of fused-ring (bicyclic) bond motifs is 2. The minimum atomic E-state index is -3.06. The van der Waals surface area contributed by atoms with Crippen LogP contribution in [0.15, 0.2) is 0 Å². The monoisotopic (exact) mass is 236 g/mol. The van der Waals surface area contributed by atoms with Crippen molar-refractivity contribution in [3.8, 4) is 0 Å². The molecule has 0 saturated carbocycles. The highest BCUT2D eigenvalue weighted by atomic mass is 28.4. The van der Waals surface area contributed by atoms with Crippen LogP contribution < -0.4 is 0 Å². The summed E-state index contributed by atoms with van der Waals surface area (Å²) < 4.78 is 15.4. The maximum Gasteiger partial charge on any atom is 0.502 e. The topological polar surface area (TPSA) is 105 Å². The summed E-state index contributed by atoms with van der Waals surface area (Å²) in [4.78, 5) is 10.8. The maximum absolute atomic E-state index is 10.8. The van der Waals surface area contributed by atoms with Crippen molar-refractivity contribution in [2.75, 3.05) is 0 Å². The zero-order valence-corrected chi connectivity index (χ0v) is 8.99. The molecule has 0 aliphatic carbocycles. The number of aliphatic carboxylic acids is 1. The molecule has 2 saturated heterocycles. The van der Waals surface area contributed by atoms with Crippen LogP contribution in [-0.4, -0.2) is 48.8 Å². The Balaban J connectivity index is 2.21. The molecule has 2 bridgehead atoms. The zero-order valence-electron chi connectivity index (χ0n) is 7.99. The first-order valence-corrected chi connectivity index (χ1v) is 6.76. The highest BCUT2D eigenvalue weighted by Gasteiger charge is 2.56. The summed E-state index contributed by atoms with van der Waals surface area (Å²) in [7, 11) is -3.06. The van der Waals surface area contributed by atoms with E-state index in [1.165, 1.54) is 6.55 Å². The third-order valence-corrected chi connectivity index (χ3v) is 4.57. The summed E-state index contributed by atoms with van der Waals surface area (Å²) in [6.07, 6.45) is -3.38. The molecule has 0 aromatic heterocycles. The van der Waals surface area contributed by atoms with Gasteiger partial charge in [-0.1, -0.05) is 0 Å². The fourth-order valence-electron chi connectivity index (χ4n) is 1.77. The van der Waals surface area contributed by atoms with Crippen molar-refractivity contribution in [3.63, 3.8) is 0 Å². The summed E-state index contributed by atoms with van der Waals surface area (Å²) in [6.45, 7) is 1.50. The number of hydrogen-bond donors (Lipinski definition) is 3. The van der Waals surface area contributed by atoms with Gasteiger partial charge in [-0.15, -0.1) is 0 Å². The molecule has 0 radical (unpaired) electrons. The van der Waals surface area contributed by atoms with Crippen LogP contribution in [0.25, 0.3) is 0 Å². The molecule has 2 fully saturated rings. The van der Waals surface area contributed by atoms with E-state index in [1.807, 2.05) is 0 Å². The van der Waals surface area contributed by atoms with Crippen LogP contribution >= 0.6 is 0 Å². The van der Waals surface area contributed by atoms with Crippen LogP contribution in [0.4, 0.5) is 0 Å². The second-order valence-electron chi connectivity index (χ2n) is 3.72. The van der Waals surface area contributed by atoms with Crippen LogP contribution in [0.3, 0.4) is 0 Å². The summed E-state index contributed by atoms with van der Waals surface area (Å²) in [5, 5.41) is 27.7. The number of carboxylic acids is 1. The molecule has 5 atom stereocenters. The van der Waals surface area contributed by atoms with Crippen molar-refractivity contribution in [1.29, 1.82) is 0 Å². The van der Waals surface area contributed by atoms with E-state index in [1.54, 1.807) is 0 Å². The first-order valence-electron chi connectivity index (χ1n) is 4.54. The van der Waals surface area contributed by atoms with Gasteiger partial charge in [0.05, 0.1) is 0 Å². The van der Waals surface area contributed by atoms with E-state index in [2.05, 4.69) is 0 Å². The van der Waals surface area contributed by atoms with E-state index < -0.39 is 39.4 Å². The summed E-state index contributed by atoms with van der Waals surface area (Å²) in [5.74, 6) is -2.27. The van der Waals surface area contributed by atoms with Crippen molar-refractivity contribution in [2.45, 2.75) is 31.7 Å². The lowest BCUT2D eigenvalue weighted by molar-refractivity contribution is -0.164. The highest BCUT2D eigenvalue weighted by molar-refractivity contribution is 6.59. The van der Waals surface area contributed by atoms with Gasteiger partial charge in [0.1, 0.15) is 12.0 Å². The van der Waals surface area contributed by atoms with Crippen molar-refractivity contribution in [1.82, 2.24) is 0 Å². The molecule has 0 aromatic carbocycles. The Morgan fingerprint density at radius 1 is 1.27 bits per heavy atom. The molecule has 5 unspecified atom stereocenters. The zero-order chi connectivity index (χ0) is 11.2. The quantitative estimate of drug-likeness (QED) is 0.487. The predicted molar refractivity (Wildman–Crippen MR) is 46.4 cm³/mol. The van der Waals surface area contributed by atoms with Crippen LogP contribution in [0.2, 0.25) is 6.55 Å². The Hall–Kier alpha value is -0.513. The minimum absolute atomic E-state index is 0.0275. The largest absolute Gasteiger partial charge is 0.502 e. The normalized spacial score (nSPS) is 50.1. The minimum Gasteiger partial charge on any atom is -0.481 e. The van der Waals surface area contributed by atoms with Gasteiger partial charge < -0.3 is 28.6 Å². The average molecular weight is 236 g/mol. The van der Waals surface area contributed by atoms with Gasteiger partial charge in [-0.2, -0.15) is 0 Å². The fraction of sp³-hybridized carbons (Fsp3) is 0.857. The molecule has 2 heterocycles. The number of aliphatic hydroxyl groups excluding tert-OH is 2. The van der Waals surface area contributed by atoms with Gasteiger partial charge in [0, 0.05) is 6.55 Å². The Kier molecular flexibility index (Phi) is 2.57. The molecule has 15 heavy (non-hydrogen) atoms. The second-order valence-corrected chi connectivity index (χ2v) is 6.15. The van der Waals surface area contributed by atoms with Gasteiger partial charge >= 0.3 is 14.8 Å². The maximum atomic E-state index is 10.8. The van der Waals surface area contributed by atoms with Gasteiger partial charge in [-0.25, -0.2) is 0 Å². The van der Waals surface area contributed by atoms with Crippen LogP contribution in [0.1, 0.15) is 6.42 Å². The van der Waals surface area contributed by atoms with Crippen LogP contribution in [-0.2, 0) is 18.1 Å². The van der Waals surface area contributed by atoms with Gasteiger partial charge in [0.2, 0.25) is 0 Å². The van der Waals surface area contributed by atoms with E-state index in [0.29, 0.717) is 0 Å². The molecule has 7 nitrogen and oxygen atoms in total. The summed E-state index contributed by atoms with van der Waals surface area (Å²) >= 11 is 0. The van der Waals surface area contributed by atoms with Gasteiger partial charge in [0.25, 0.3) is 0 Å². The Morgan fingerprint density at radius 2 is 1.87 bits per heavy atom. The van der Waals surface area contributed by atoms with Gasteiger partial charge in [-0.05, 0) is 6.42 Å². The standard InChI is InChI=1S/C7H12O7Si/c1-15-12-4(7(11)14-15)2-3(5(8)9)6(10)13-15/h3-4,6-7,10-11H,2H2,1H3,(H,8,9). The third kappa shape index (κ3) is 1.91. The van der Waals surface area contributed by atoms with Gasteiger partial charge in [0.15, 0.2) is 12.6 Å².